The van der Waals surface area contributed by atoms with Crippen LogP contribution in [0.3, 0.4) is 0 Å². The van der Waals surface area contributed by atoms with E-state index >= 15 is 0 Å². The predicted molar refractivity (Wildman–Crippen MR) is 79.1 cm³/mol. The molecule has 3 N–H and O–H groups in total. The SMILES string of the molecule is CC(=O)NC[C@]1(O)CCN(C(=O)c2ccc(C)nc2)C[C@H]1O. The molecule has 1 aliphatic rings. The maximum atomic E-state index is 12.4. The van der Waals surface area contributed by atoms with Crippen LogP contribution in [0.15, 0.2) is 18.3 Å². The molecule has 0 radical (unpaired) electrons. The topological polar surface area (TPSA) is 103 Å². The van der Waals surface area contributed by atoms with Gasteiger partial charge in [-0.25, -0.2) is 0 Å². The first-order valence-electron chi connectivity index (χ1n) is 7.18. The lowest BCUT2D eigenvalue weighted by molar-refractivity contribution is -0.127. The molecule has 1 fully saturated rings. The first-order valence-corrected chi connectivity index (χ1v) is 7.18. The molecule has 7 heteroatoms. The van der Waals surface area contributed by atoms with Gasteiger partial charge >= 0.3 is 0 Å². The lowest BCUT2D eigenvalue weighted by atomic mass is 9.88. The monoisotopic (exact) mass is 307 g/mol. The first kappa shape index (κ1) is 16.4. The van der Waals surface area contributed by atoms with E-state index in [-0.39, 0.29) is 31.3 Å². The average molecular weight is 307 g/mol. The van der Waals surface area contributed by atoms with Gasteiger partial charge in [-0.15, -0.1) is 0 Å². The summed E-state index contributed by atoms with van der Waals surface area (Å²) < 4.78 is 0. The number of pyridine rings is 1. The van der Waals surface area contributed by atoms with E-state index in [1.54, 1.807) is 12.1 Å². The van der Waals surface area contributed by atoms with Crippen molar-refractivity contribution in [1.29, 1.82) is 0 Å². The Morgan fingerprint density at radius 3 is 2.77 bits per heavy atom. The minimum absolute atomic E-state index is 0.0167. The normalized spacial score (nSPS) is 24.9. The number of likely N-dealkylation sites (tertiary alicyclic amines) is 1. The Morgan fingerprint density at radius 1 is 1.50 bits per heavy atom. The van der Waals surface area contributed by atoms with Gasteiger partial charge in [-0.2, -0.15) is 0 Å². The van der Waals surface area contributed by atoms with E-state index < -0.39 is 11.7 Å². The third-order valence-electron chi connectivity index (χ3n) is 3.92. The third kappa shape index (κ3) is 3.61. The van der Waals surface area contributed by atoms with Crippen LogP contribution in [0.4, 0.5) is 0 Å². The summed E-state index contributed by atoms with van der Waals surface area (Å²) in [6.07, 6.45) is 0.581. The van der Waals surface area contributed by atoms with Crippen LogP contribution in [0.1, 0.15) is 29.4 Å². The number of carbonyl (C=O) groups is 2. The Labute approximate surface area is 129 Å². The van der Waals surface area contributed by atoms with Crippen molar-refractivity contribution in [3.8, 4) is 0 Å². The van der Waals surface area contributed by atoms with E-state index in [0.29, 0.717) is 12.1 Å². The quantitative estimate of drug-likeness (QED) is 0.696. The van der Waals surface area contributed by atoms with Crippen LogP contribution in [-0.2, 0) is 4.79 Å². The number of β-amino-alcohol motifs (C(OH)–C–C–N with tert-alkyl or cyclic N) is 1. The minimum Gasteiger partial charge on any atom is -0.388 e. The summed E-state index contributed by atoms with van der Waals surface area (Å²) in [5, 5.41) is 23.0. The molecule has 0 bridgehead atoms. The third-order valence-corrected chi connectivity index (χ3v) is 3.92. The Balaban J connectivity index is 2.01. The van der Waals surface area contributed by atoms with Gasteiger partial charge in [0.2, 0.25) is 5.91 Å². The summed E-state index contributed by atoms with van der Waals surface area (Å²) in [6.45, 7) is 3.47. The van der Waals surface area contributed by atoms with Crippen LogP contribution in [0.5, 0.6) is 0 Å². The zero-order valence-electron chi connectivity index (χ0n) is 12.7. The summed E-state index contributed by atoms with van der Waals surface area (Å²) in [5.74, 6) is -0.502. The number of piperidine rings is 1. The molecule has 2 amide bonds. The maximum Gasteiger partial charge on any atom is 0.255 e. The Bertz CT molecular complexity index is 560. The molecule has 1 aromatic heterocycles. The number of nitrogens with zero attached hydrogens (tertiary/aromatic N) is 2. The lowest BCUT2D eigenvalue weighted by Gasteiger charge is -2.42. The summed E-state index contributed by atoms with van der Waals surface area (Å²) in [5.41, 5.74) is -0.140. The number of amides is 2. The average Bonchev–Trinajstić information content (AvgIpc) is 2.48. The van der Waals surface area contributed by atoms with Gasteiger partial charge in [-0.1, -0.05) is 0 Å². The fraction of sp³-hybridized carbons (Fsp3) is 0.533. The van der Waals surface area contributed by atoms with E-state index in [2.05, 4.69) is 10.3 Å². The number of carbonyl (C=O) groups excluding carboxylic acids is 2. The number of hydrogen-bond acceptors (Lipinski definition) is 5. The molecule has 1 saturated heterocycles. The first-order chi connectivity index (χ1) is 10.3. The van der Waals surface area contributed by atoms with Crippen LogP contribution in [0, 0.1) is 6.92 Å². The zero-order valence-corrected chi connectivity index (χ0v) is 12.7. The van der Waals surface area contributed by atoms with Crippen molar-refractivity contribution >= 4 is 11.8 Å². The number of aryl methyl sites for hydroxylation is 1. The highest BCUT2D eigenvalue weighted by Crippen LogP contribution is 2.23. The second-order valence-electron chi connectivity index (χ2n) is 5.72. The molecular weight excluding hydrogens is 286 g/mol. The number of hydrogen-bond donors (Lipinski definition) is 3. The molecule has 7 nitrogen and oxygen atoms in total. The summed E-state index contributed by atoms with van der Waals surface area (Å²) >= 11 is 0. The summed E-state index contributed by atoms with van der Waals surface area (Å²) in [4.78, 5) is 28.9. The molecule has 120 valence electrons. The van der Waals surface area contributed by atoms with Crippen LogP contribution < -0.4 is 5.32 Å². The largest absolute Gasteiger partial charge is 0.388 e. The molecule has 0 spiro atoms. The zero-order chi connectivity index (χ0) is 16.3. The van der Waals surface area contributed by atoms with Gasteiger partial charge in [-0.05, 0) is 25.5 Å². The van der Waals surface area contributed by atoms with Crippen molar-refractivity contribution in [2.45, 2.75) is 32.0 Å². The molecule has 0 aliphatic carbocycles. The molecule has 1 aliphatic heterocycles. The molecule has 0 aromatic carbocycles. The summed E-state index contributed by atoms with van der Waals surface area (Å²) in [6, 6.07) is 3.44. The number of rotatable bonds is 3. The van der Waals surface area contributed by atoms with Gasteiger partial charge in [0.15, 0.2) is 0 Å². The molecule has 0 saturated carbocycles. The van der Waals surface area contributed by atoms with Gasteiger partial charge in [0.1, 0.15) is 11.7 Å². The van der Waals surface area contributed by atoms with Crippen molar-refractivity contribution in [1.82, 2.24) is 15.2 Å². The Hall–Kier alpha value is -1.99. The van der Waals surface area contributed by atoms with Crippen molar-refractivity contribution in [3.63, 3.8) is 0 Å². The van der Waals surface area contributed by atoms with E-state index in [4.69, 9.17) is 0 Å². The number of aromatic nitrogens is 1. The van der Waals surface area contributed by atoms with Crippen LogP contribution in [0.2, 0.25) is 0 Å². The molecule has 2 rings (SSSR count). The Kier molecular flexibility index (Phi) is 4.77. The maximum absolute atomic E-state index is 12.4. The van der Waals surface area contributed by atoms with Gasteiger partial charge in [0.25, 0.3) is 5.91 Å². The van der Waals surface area contributed by atoms with Crippen molar-refractivity contribution < 1.29 is 19.8 Å². The fourth-order valence-electron chi connectivity index (χ4n) is 2.41. The molecule has 22 heavy (non-hydrogen) atoms. The van der Waals surface area contributed by atoms with Gasteiger partial charge in [-0.3, -0.25) is 14.6 Å². The fourth-order valence-corrected chi connectivity index (χ4v) is 2.41. The highest BCUT2D eigenvalue weighted by molar-refractivity contribution is 5.94. The smallest absolute Gasteiger partial charge is 0.255 e. The van der Waals surface area contributed by atoms with Crippen LogP contribution >= 0.6 is 0 Å². The van der Waals surface area contributed by atoms with Crippen LogP contribution in [-0.4, -0.2) is 63.3 Å². The number of nitrogens with one attached hydrogen (secondary N) is 1. The molecule has 1 aromatic rings. The molecular formula is C15H21N3O4. The molecule has 2 atom stereocenters. The van der Waals surface area contributed by atoms with Crippen molar-refractivity contribution in [3.05, 3.63) is 29.6 Å². The highest BCUT2D eigenvalue weighted by atomic mass is 16.3. The van der Waals surface area contributed by atoms with E-state index in [9.17, 15) is 19.8 Å². The number of aliphatic hydroxyl groups is 2. The molecule has 0 unspecified atom stereocenters. The van der Waals surface area contributed by atoms with E-state index in [0.717, 1.165) is 5.69 Å². The second kappa shape index (κ2) is 6.41. The Morgan fingerprint density at radius 2 is 2.23 bits per heavy atom. The summed E-state index contributed by atoms with van der Waals surface area (Å²) in [7, 11) is 0. The van der Waals surface area contributed by atoms with Gasteiger partial charge in [0, 0.05) is 38.4 Å². The molecule has 2 heterocycles. The van der Waals surface area contributed by atoms with E-state index in [1.165, 1.54) is 18.0 Å². The lowest BCUT2D eigenvalue weighted by Crippen LogP contribution is -2.61. The minimum atomic E-state index is -1.41. The van der Waals surface area contributed by atoms with Gasteiger partial charge in [0.05, 0.1) is 5.56 Å². The number of aliphatic hydroxyl groups excluding tert-OH is 1. The second-order valence-corrected chi connectivity index (χ2v) is 5.72. The van der Waals surface area contributed by atoms with E-state index in [1.807, 2.05) is 6.92 Å². The van der Waals surface area contributed by atoms with Crippen LogP contribution in [0.25, 0.3) is 0 Å². The van der Waals surface area contributed by atoms with Crippen molar-refractivity contribution in [2.24, 2.45) is 0 Å². The van der Waals surface area contributed by atoms with Gasteiger partial charge < -0.3 is 20.4 Å². The van der Waals surface area contributed by atoms with Crippen molar-refractivity contribution in [2.75, 3.05) is 19.6 Å². The highest BCUT2D eigenvalue weighted by Gasteiger charge is 2.42. The predicted octanol–water partition coefficient (Wildman–Crippen LogP) is -0.536. The standard InChI is InChI=1S/C15H21N3O4/c1-10-3-4-12(7-16-10)14(21)18-6-5-15(22,13(20)8-18)9-17-11(2)19/h3-4,7,13,20,22H,5-6,8-9H2,1-2H3,(H,17,19)/t13-,15-/m1/s1.